The largest absolute Gasteiger partial charge is 0.366 e. The average molecular weight is 412 g/mol. The lowest BCUT2D eigenvalue weighted by atomic mass is 10.1. The minimum atomic E-state index is -0.815. The Labute approximate surface area is 166 Å². The van der Waals surface area contributed by atoms with Crippen molar-refractivity contribution in [2.75, 3.05) is 11.6 Å². The van der Waals surface area contributed by atoms with Crippen LogP contribution in [0, 0.1) is 11.6 Å². The second kappa shape index (κ2) is 7.98. The van der Waals surface area contributed by atoms with Gasteiger partial charge in [0.1, 0.15) is 5.82 Å². The van der Waals surface area contributed by atoms with E-state index in [0.29, 0.717) is 5.16 Å². The topological polar surface area (TPSA) is 55.6 Å². The van der Waals surface area contributed by atoms with E-state index in [4.69, 9.17) is 0 Å². The summed E-state index contributed by atoms with van der Waals surface area (Å²) in [5.41, 5.74) is 1.62. The molecule has 0 bridgehead atoms. The van der Waals surface area contributed by atoms with Crippen LogP contribution in [0.25, 0.3) is 11.0 Å². The van der Waals surface area contributed by atoms with Crippen LogP contribution in [-0.4, -0.2) is 32.0 Å². The number of nitrogens with zero attached hydrogens (tertiary/aromatic N) is 4. The molecule has 2 heterocycles. The van der Waals surface area contributed by atoms with E-state index in [0.717, 1.165) is 41.8 Å². The molecule has 3 aromatic rings. The fourth-order valence-corrected chi connectivity index (χ4v) is 3.51. The van der Waals surface area contributed by atoms with E-state index in [1.807, 2.05) is 10.9 Å². The molecular formula is C18H20ClF2N5S. The quantitative estimate of drug-likeness (QED) is 0.473. The number of fused-ring (bicyclic) bond motifs is 1. The van der Waals surface area contributed by atoms with Crippen molar-refractivity contribution in [1.29, 1.82) is 0 Å². The highest BCUT2D eigenvalue weighted by Gasteiger charge is 2.39. The number of thioether (sulfide) groups is 1. The van der Waals surface area contributed by atoms with E-state index in [9.17, 15) is 8.78 Å². The summed E-state index contributed by atoms with van der Waals surface area (Å²) in [5.74, 6) is -0.720. The summed E-state index contributed by atoms with van der Waals surface area (Å²) in [7, 11) is 0. The monoisotopic (exact) mass is 411 g/mol. The van der Waals surface area contributed by atoms with Gasteiger partial charge in [-0.15, -0.1) is 12.4 Å². The van der Waals surface area contributed by atoms with Gasteiger partial charge in [0.05, 0.1) is 11.6 Å². The van der Waals surface area contributed by atoms with Crippen molar-refractivity contribution < 1.29 is 8.78 Å². The molecule has 2 aromatic heterocycles. The minimum Gasteiger partial charge on any atom is -0.366 e. The van der Waals surface area contributed by atoms with Crippen molar-refractivity contribution in [3.63, 3.8) is 0 Å². The molecule has 1 N–H and O–H groups in total. The van der Waals surface area contributed by atoms with Crippen LogP contribution in [0.5, 0.6) is 0 Å². The number of halogens is 3. The third-order valence-electron chi connectivity index (χ3n) is 4.58. The highest BCUT2D eigenvalue weighted by atomic mass is 35.5. The van der Waals surface area contributed by atoms with Crippen molar-refractivity contribution in [2.24, 2.45) is 0 Å². The summed E-state index contributed by atoms with van der Waals surface area (Å²) in [4.78, 5) is 9.17. The Kier molecular flexibility index (Phi) is 5.86. The Morgan fingerprint density at radius 2 is 2.07 bits per heavy atom. The molecule has 9 heteroatoms. The fraction of sp³-hybridized carbons (Fsp3) is 0.389. The second-order valence-corrected chi connectivity index (χ2v) is 7.20. The van der Waals surface area contributed by atoms with Crippen LogP contribution < -0.4 is 5.32 Å². The number of anilines is 1. The third kappa shape index (κ3) is 3.87. The predicted molar refractivity (Wildman–Crippen MR) is 106 cm³/mol. The zero-order chi connectivity index (χ0) is 18.3. The molecule has 0 saturated heterocycles. The van der Waals surface area contributed by atoms with Crippen molar-refractivity contribution in [3.05, 3.63) is 41.6 Å². The second-order valence-electron chi connectivity index (χ2n) is 6.43. The highest BCUT2D eigenvalue weighted by Crippen LogP contribution is 2.43. The summed E-state index contributed by atoms with van der Waals surface area (Å²) in [6.07, 6.45) is 5.55. The van der Waals surface area contributed by atoms with Crippen LogP contribution in [0.4, 0.5) is 14.6 Å². The van der Waals surface area contributed by atoms with Gasteiger partial charge < -0.3 is 5.32 Å². The predicted octanol–water partition coefficient (Wildman–Crippen LogP) is 4.63. The normalized spacial score (nSPS) is 18.4. The minimum absolute atomic E-state index is 0. The van der Waals surface area contributed by atoms with E-state index in [-0.39, 0.29) is 24.4 Å². The first-order valence-corrected chi connectivity index (χ1v) is 9.82. The smallest absolute Gasteiger partial charge is 0.191 e. The molecule has 27 heavy (non-hydrogen) atoms. The van der Waals surface area contributed by atoms with Crippen LogP contribution >= 0.6 is 24.2 Å². The SMILES string of the molecule is CCCn1ncc2c(N[C@@H]3C[C@H]3c3ccc(F)c(F)c3)nc(SC)nc21.Cl. The Bertz CT molecular complexity index is 964. The maximum Gasteiger partial charge on any atom is 0.191 e. The zero-order valence-corrected chi connectivity index (χ0v) is 16.6. The van der Waals surface area contributed by atoms with Gasteiger partial charge in [-0.25, -0.2) is 23.4 Å². The molecule has 0 radical (unpaired) electrons. The Morgan fingerprint density at radius 1 is 1.26 bits per heavy atom. The lowest BCUT2D eigenvalue weighted by Crippen LogP contribution is -2.08. The van der Waals surface area contributed by atoms with Gasteiger partial charge in [-0.1, -0.05) is 24.8 Å². The van der Waals surface area contributed by atoms with E-state index < -0.39 is 11.6 Å². The molecule has 0 unspecified atom stereocenters. The molecule has 1 fully saturated rings. The van der Waals surface area contributed by atoms with E-state index in [1.165, 1.54) is 23.9 Å². The number of hydrogen-bond acceptors (Lipinski definition) is 5. The van der Waals surface area contributed by atoms with Crippen LogP contribution in [-0.2, 0) is 6.54 Å². The fourth-order valence-electron chi connectivity index (χ4n) is 3.15. The summed E-state index contributed by atoms with van der Waals surface area (Å²) in [6, 6.07) is 4.25. The first-order valence-electron chi connectivity index (χ1n) is 8.59. The lowest BCUT2D eigenvalue weighted by molar-refractivity contribution is 0.507. The van der Waals surface area contributed by atoms with Gasteiger partial charge in [0.2, 0.25) is 0 Å². The van der Waals surface area contributed by atoms with Crippen LogP contribution in [0.1, 0.15) is 31.2 Å². The lowest BCUT2D eigenvalue weighted by Gasteiger charge is -2.09. The van der Waals surface area contributed by atoms with Crippen molar-refractivity contribution in [1.82, 2.24) is 19.7 Å². The summed E-state index contributed by atoms with van der Waals surface area (Å²) in [5, 5.41) is 9.42. The standard InChI is InChI=1S/C18H19F2N5S.ClH/c1-3-6-25-17-12(9-21-25)16(23-18(24-17)26-2)22-15-8-11(15)10-4-5-13(19)14(20)7-10;/h4-5,7,9,11,15H,3,6,8H2,1-2H3,(H,22,23,24);1H/t11-,15+;/m0./s1. The highest BCUT2D eigenvalue weighted by molar-refractivity contribution is 7.98. The zero-order valence-electron chi connectivity index (χ0n) is 14.9. The molecule has 0 amide bonds. The Morgan fingerprint density at radius 3 is 2.78 bits per heavy atom. The molecule has 0 spiro atoms. The molecule has 5 nitrogen and oxygen atoms in total. The number of rotatable bonds is 6. The van der Waals surface area contributed by atoms with Crippen molar-refractivity contribution in [2.45, 2.75) is 43.4 Å². The third-order valence-corrected chi connectivity index (χ3v) is 5.13. The number of benzene rings is 1. The van der Waals surface area contributed by atoms with Gasteiger partial charge in [-0.05, 0) is 36.8 Å². The van der Waals surface area contributed by atoms with Crippen molar-refractivity contribution >= 4 is 41.0 Å². The molecule has 144 valence electrons. The van der Waals surface area contributed by atoms with Gasteiger partial charge >= 0.3 is 0 Å². The van der Waals surface area contributed by atoms with Gasteiger partial charge in [-0.2, -0.15) is 5.10 Å². The van der Waals surface area contributed by atoms with Gasteiger partial charge in [0.15, 0.2) is 22.4 Å². The number of hydrogen-bond donors (Lipinski definition) is 1. The van der Waals surface area contributed by atoms with E-state index in [2.05, 4.69) is 27.3 Å². The van der Waals surface area contributed by atoms with Gasteiger partial charge in [-0.3, -0.25) is 0 Å². The van der Waals surface area contributed by atoms with E-state index >= 15 is 0 Å². The van der Waals surface area contributed by atoms with Gasteiger partial charge in [0.25, 0.3) is 0 Å². The molecule has 2 atom stereocenters. The summed E-state index contributed by atoms with van der Waals surface area (Å²) in [6.45, 7) is 2.90. The number of aromatic nitrogens is 4. The maximum absolute atomic E-state index is 13.5. The Balaban J connectivity index is 0.00000210. The Hall–Kier alpha value is -1.93. The average Bonchev–Trinajstić information content (AvgIpc) is 3.28. The molecule has 1 aromatic carbocycles. The molecule has 4 rings (SSSR count). The first-order chi connectivity index (χ1) is 12.6. The maximum atomic E-state index is 13.5. The molecular weight excluding hydrogens is 392 g/mol. The van der Waals surface area contributed by atoms with Crippen LogP contribution in [0.15, 0.2) is 29.6 Å². The molecule has 1 aliphatic carbocycles. The number of nitrogens with one attached hydrogen (secondary N) is 1. The van der Waals surface area contributed by atoms with Crippen molar-refractivity contribution in [3.8, 4) is 0 Å². The number of aryl methyl sites for hydroxylation is 1. The molecule has 0 aliphatic heterocycles. The van der Waals surface area contributed by atoms with Gasteiger partial charge in [0, 0.05) is 18.5 Å². The first kappa shape index (κ1) is 19.8. The molecule has 1 aliphatic rings. The summed E-state index contributed by atoms with van der Waals surface area (Å²) < 4.78 is 28.5. The van der Waals surface area contributed by atoms with Crippen LogP contribution in [0.3, 0.4) is 0 Å². The molecule has 1 saturated carbocycles. The van der Waals surface area contributed by atoms with Crippen LogP contribution in [0.2, 0.25) is 0 Å². The van der Waals surface area contributed by atoms with E-state index in [1.54, 1.807) is 12.3 Å². The summed E-state index contributed by atoms with van der Waals surface area (Å²) >= 11 is 1.48.